The average molecular weight is 433 g/mol. The predicted octanol–water partition coefficient (Wildman–Crippen LogP) is 3.65. The number of nitrogens with one attached hydrogen (secondary N) is 1. The topological polar surface area (TPSA) is 66.5 Å². The van der Waals surface area contributed by atoms with Gasteiger partial charge in [-0.1, -0.05) is 54.1 Å². The van der Waals surface area contributed by atoms with Crippen LogP contribution in [0.4, 0.5) is 0 Å². The summed E-state index contributed by atoms with van der Waals surface area (Å²) in [6, 6.07) is 15.7. The first kappa shape index (κ1) is 20.4. The van der Waals surface area contributed by atoms with E-state index in [4.69, 9.17) is 11.6 Å². The molecular formula is C22H25ClN2O3S. The second-order valence-electron chi connectivity index (χ2n) is 8.03. The molecule has 2 aromatic rings. The largest absolute Gasteiger partial charge is 0.341 e. The summed E-state index contributed by atoms with van der Waals surface area (Å²) >= 11 is 6.53. The third kappa shape index (κ3) is 4.65. The lowest BCUT2D eigenvalue weighted by molar-refractivity contribution is -0.133. The van der Waals surface area contributed by atoms with Crippen molar-refractivity contribution in [3.05, 3.63) is 59.1 Å². The number of likely N-dealkylation sites (tertiary alicyclic amines) is 1. The van der Waals surface area contributed by atoms with E-state index in [2.05, 4.69) is 10.8 Å². The number of halogens is 1. The van der Waals surface area contributed by atoms with Crippen molar-refractivity contribution in [3.63, 3.8) is 0 Å². The van der Waals surface area contributed by atoms with Gasteiger partial charge >= 0.3 is 0 Å². The summed E-state index contributed by atoms with van der Waals surface area (Å²) in [5.74, 6) is 0.210. The second-order valence-corrected chi connectivity index (χ2v) is 10.2. The number of benzene rings is 2. The van der Waals surface area contributed by atoms with Crippen LogP contribution in [0.15, 0.2) is 48.5 Å². The van der Waals surface area contributed by atoms with Gasteiger partial charge in [0.15, 0.2) is 0 Å². The van der Waals surface area contributed by atoms with E-state index in [-0.39, 0.29) is 23.8 Å². The molecule has 154 valence electrons. The molecule has 1 saturated heterocycles. The Morgan fingerprint density at radius 3 is 2.62 bits per heavy atom. The van der Waals surface area contributed by atoms with E-state index < -0.39 is 10.0 Å². The number of carbonyl (C=O) groups is 1. The molecule has 7 heteroatoms. The Labute approximate surface area is 177 Å². The molecule has 4 rings (SSSR count). The molecule has 0 bridgehead atoms. The van der Waals surface area contributed by atoms with Crippen LogP contribution in [0.25, 0.3) is 11.1 Å². The molecule has 0 aromatic heterocycles. The van der Waals surface area contributed by atoms with Crippen LogP contribution in [0.1, 0.15) is 30.7 Å². The van der Waals surface area contributed by atoms with E-state index in [0.29, 0.717) is 18.1 Å². The van der Waals surface area contributed by atoms with Crippen molar-refractivity contribution in [1.82, 2.24) is 9.62 Å². The Morgan fingerprint density at radius 1 is 1.14 bits per heavy atom. The maximum absolute atomic E-state index is 13.1. The molecule has 0 radical (unpaired) electrons. The Morgan fingerprint density at radius 2 is 1.90 bits per heavy atom. The minimum atomic E-state index is -3.27. The average Bonchev–Trinajstić information content (AvgIpc) is 3.47. The van der Waals surface area contributed by atoms with Gasteiger partial charge < -0.3 is 4.90 Å². The maximum atomic E-state index is 13.1. The molecular weight excluding hydrogens is 408 g/mol. The predicted molar refractivity (Wildman–Crippen MR) is 115 cm³/mol. The zero-order valence-corrected chi connectivity index (χ0v) is 17.9. The number of rotatable bonds is 5. The zero-order valence-electron chi connectivity index (χ0n) is 16.3. The zero-order chi connectivity index (χ0) is 20.6. The van der Waals surface area contributed by atoms with Crippen molar-refractivity contribution in [2.24, 2.45) is 5.92 Å². The van der Waals surface area contributed by atoms with Crippen LogP contribution < -0.4 is 4.72 Å². The maximum Gasteiger partial charge on any atom is 0.226 e. The van der Waals surface area contributed by atoms with Gasteiger partial charge in [0.1, 0.15) is 0 Å². The van der Waals surface area contributed by atoms with E-state index in [9.17, 15) is 13.2 Å². The van der Waals surface area contributed by atoms with Crippen LogP contribution in [-0.2, 0) is 14.8 Å². The summed E-state index contributed by atoms with van der Waals surface area (Å²) < 4.78 is 25.7. The Balaban J connectivity index is 1.51. The van der Waals surface area contributed by atoms with Gasteiger partial charge in [-0.25, -0.2) is 13.1 Å². The SMILES string of the molecule is CS(=O)(=O)N[C@@H]1CCCN(C(=O)[C@@H]2C[C@H]2c2cccc(Cl)c2-c2ccccc2)C1. The van der Waals surface area contributed by atoms with Gasteiger partial charge in [0.05, 0.1) is 6.26 Å². The highest BCUT2D eigenvalue weighted by Crippen LogP contribution is 2.52. The van der Waals surface area contributed by atoms with Crippen LogP contribution in [0, 0.1) is 5.92 Å². The fourth-order valence-electron chi connectivity index (χ4n) is 4.38. The molecule has 1 aliphatic heterocycles. The van der Waals surface area contributed by atoms with Crippen molar-refractivity contribution in [3.8, 4) is 11.1 Å². The normalized spacial score (nSPS) is 24.3. The number of nitrogens with zero attached hydrogens (tertiary/aromatic N) is 1. The summed E-state index contributed by atoms with van der Waals surface area (Å²) in [5, 5.41) is 0.696. The summed E-state index contributed by atoms with van der Waals surface area (Å²) in [6.07, 6.45) is 3.54. The van der Waals surface area contributed by atoms with Crippen molar-refractivity contribution in [1.29, 1.82) is 0 Å². The third-order valence-electron chi connectivity index (χ3n) is 5.73. The Kier molecular flexibility index (Phi) is 5.69. The number of piperidine rings is 1. The lowest BCUT2D eigenvalue weighted by atomic mass is 9.95. The minimum Gasteiger partial charge on any atom is -0.341 e. The first-order chi connectivity index (χ1) is 13.8. The number of hydrogen-bond acceptors (Lipinski definition) is 3. The first-order valence-corrected chi connectivity index (χ1v) is 12.2. The van der Waals surface area contributed by atoms with Crippen molar-refractivity contribution in [2.75, 3.05) is 19.3 Å². The van der Waals surface area contributed by atoms with Gasteiger partial charge in [0.25, 0.3) is 0 Å². The van der Waals surface area contributed by atoms with E-state index in [1.54, 1.807) is 0 Å². The van der Waals surface area contributed by atoms with Crippen LogP contribution in [0.2, 0.25) is 5.02 Å². The number of sulfonamides is 1. The Hall–Kier alpha value is -1.89. The summed E-state index contributed by atoms with van der Waals surface area (Å²) in [7, 11) is -3.27. The van der Waals surface area contributed by atoms with E-state index in [1.165, 1.54) is 0 Å². The molecule has 1 amide bonds. The number of hydrogen-bond donors (Lipinski definition) is 1. The van der Waals surface area contributed by atoms with Gasteiger partial charge in [-0.15, -0.1) is 0 Å². The molecule has 1 aliphatic carbocycles. The van der Waals surface area contributed by atoms with E-state index in [0.717, 1.165) is 42.2 Å². The molecule has 1 N–H and O–H groups in total. The molecule has 2 fully saturated rings. The molecule has 0 unspecified atom stereocenters. The lowest BCUT2D eigenvalue weighted by Crippen LogP contribution is -2.49. The summed E-state index contributed by atoms with van der Waals surface area (Å²) in [6.45, 7) is 1.13. The number of carbonyl (C=O) groups excluding carboxylic acids is 1. The third-order valence-corrected chi connectivity index (χ3v) is 6.81. The van der Waals surface area contributed by atoms with Gasteiger partial charge in [-0.3, -0.25) is 4.79 Å². The highest BCUT2D eigenvalue weighted by Gasteiger charge is 2.47. The van der Waals surface area contributed by atoms with Gasteiger partial charge in [0.2, 0.25) is 15.9 Å². The van der Waals surface area contributed by atoms with Gasteiger partial charge in [0, 0.05) is 35.6 Å². The minimum absolute atomic E-state index is 0.0621. The molecule has 3 atom stereocenters. The molecule has 5 nitrogen and oxygen atoms in total. The molecule has 0 spiro atoms. The second kappa shape index (κ2) is 8.09. The first-order valence-electron chi connectivity index (χ1n) is 9.93. The highest BCUT2D eigenvalue weighted by molar-refractivity contribution is 7.88. The van der Waals surface area contributed by atoms with Crippen molar-refractivity contribution < 1.29 is 13.2 Å². The molecule has 2 aromatic carbocycles. The highest BCUT2D eigenvalue weighted by atomic mass is 35.5. The van der Waals surface area contributed by atoms with E-state index in [1.807, 2.05) is 47.4 Å². The summed E-state index contributed by atoms with van der Waals surface area (Å²) in [4.78, 5) is 14.9. The molecule has 1 saturated carbocycles. The molecule has 1 heterocycles. The lowest BCUT2D eigenvalue weighted by Gasteiger charge is -2.33. The van der Waals surface area contributed by atoms with Gasteiger partial charge in [-0.05, 0) is 42.4 Å². The van der Waals surface area contributed by atoms with Crippen LogP contribution >= 0.6 is 11.6 Å². The quantitative estimate of drug-likeness (QED) is 0.784. The molecule has 2 aliphatic rings. The van der Waals surface area contributed by atoms with Crippen molar-refractivity contribution >= 4 is 27.5 Å². The van der Waals surface area contributed by atoms with Gasteiger partial charge in [-0.2, -0.15) is 0 Å². The smallest absolute Gasteiger partial charge is 0.226 e. The van der Waals surface area contributed by atoms with Crippen molar-refractivity contribution in [2.45, 2.75) is 31.2 Å². The molecule has 29 heavy (non-hydrogen) atoms. The van der Waals surface area contributed by atoms with Crippen LogP contribution in [0.5, 0.6) is 0 Å². The van der Waals surface area contributed by atoms with Crippen LogP contribution in [-0.4, -0.2) is 44.6 Å². The Bertz CT molecular complexity index is 1010. The fraction of sp³-hybridized carbons (Fsp3) is 0.409. The standard InChI is InChI=1S/C22H25ClN2O3S/c1-29(27,28)24-16-9-6-12-25(14-16)22(26)19-13-18(19)17-10-5-11-20(23)21(17)15-7-3-2-4-8-15/h2-5,7-8,10-11,16,18-19,24H,6,9,12-14H2,1H3/t16-,18+,19-/m1/s1. The van der Waals surface area contributed by atoms with E-state index >= 15 is 0 Å². The monoisotopic (exact) mass is 432 g/mol. The summed E-state index contributed by atoms with van der Waals surface area (Å²) in [5.41, 5.74) is 3.18. The number of amides is 1. The fourth-order valence-corrected chi connectivity index (χ4v) is 5.47. The van der Waals surface area contributed by atoms with Crippen LogP contribution in [0.3, 0.4) is 0 Å².